The molecule has 0 aliphatic carbocycles. The predicted octanol–water partition coefficient (Wildman–Crippen LogP) is 2.18. The largest absolute Gasteiger partial charge is 0.497 e. The van der Waals surface area contributed by atoms with Crippen LogP contribution in [-0.4, -0.2) is 76.9 Å². The molecule has 28 heavy (non-hydrogen) atoms. The normalized spacial score (nSPS) is 17.8. The first-order chi connectivity index (χ1) is 13.3. The number of rotatable bonds is 8. The third-order valence-electron chi connectivity index (χ3n) is 5.41. The number of hydrogen-bond donors (Lipinski definition) is 2. The van der Waals surface area contributed by atoms with Crippen molar-refractivity contribution < 1.29 is 9.47 Å². The summed E-state index contributed by atoms with van der Waals surface area (Å²) < 4.78 is 10.8. The third kappa shape index (κ3) is 5.92. The van der Waals surface area contributed by atoms with E-state index in [4.69, 9.17) is 14.5 Å². The lowest BCUT2D eigenvalue weighted by atomic mass is 10.1. The average molecular weight is 392 g/mol. The van der Waals surface area contributed by atoms with Gasteiger partial charge >= 0.3 is 0 Å². The smallest absolute Gasteiger partial charge is 0.191 e. The zero-order chi connectivity index (χ0) is 20.7. The summed E-state index contributed by atoms with van der Waals surface area (Å²) in [6.07, 6.45) is 1.06. The van der Waals surface area contributed by atoms with Gasteiger partial charge in [0.05, 0.1) is 20.8 Å². The van der Waals surface area contributed by atoms with E-state index in [1.807, 2.05) is 6.07 Å². The van der Waals surface area contributed by atoms with Crippen molar-refractivity contribution in [1.29, 1.82) is 0 Å². The quantitative estimate of drug-likeness (QED) is 0.523. The van der Waals surface area contributed by atoms with Crippen molar-refractivity contribution in [1.82, 2.24) is 15.5 Å². The lowest BCUT2D eigenvalue weighted by Crippen LogP contribution is -2.47. The SMILES string of the molecule is CCNC(=NCC(C)(C)N(C)C)NC1CCN(c2cc(OC)cc(OC)c2)C1. The fourth-order valence-electron chi connectivity index (χ4n) is 3.01. The van der Waals surface area contributed by atoms with E-state index in [2.05, 4.69) is 67.4 Å². The zero-order valence-electron chi connectivity index (χ0n) is 18.5. The zero-order valence-corrected chi connectivity index (χ0v) is 18.5. The highest BCUT2D eigenvalue weighted by molar-refractivity contribution is 5.80. The van der Waals surface area contributed by atoms with Gasteiger partial charge in [-0.3, -0.25) is 4.99 Å². The van der Waals surface area contributed by atoms with Crippen LogP contribution in [0, 0.1) is 0 Å². The second-order valence-corrected chi connectivity index (χ2v) is 8.05. The van der Waals surface area contributed by atoms with Crippen LogP contribution in [-0.2, 0) is 0 Å². The minimum atomic E-state index is 0.0151. The van der Waals surface area contributed by atoms with E-state index in [0.717, 1.165) is 55.7 Å². The molecule has 0 bridgehead atoms. The van der Waals surface area contributed by atoms with Gasteiger partial charge in [0.2, 0.25) is 0 Å². The molecule has 1 aromatic rings. The summed E-state index contributed by atoms with van der Waals surface area (Å²) in [7, 11) is 7.54. The first-order valence-electron chi connectivity index (χ1n) is 9.99. The van der Waals surface area contributed by atoms with Gasteiger partial charge in [0.25, 0.3) is 0 Å². The molecule has 7 heteroatoms. The number of benzene rings is 1. The Labute approximate surface area is 170 Å². The van der Waals surface area contributed by atoms with E-state index in [1.165, 1.54) is 0 Å². The van der Waals surface area contributed by atoms with E-state index in [1.54, 1.807) is 14.2 Å². The molecule has 0 aromatic heterocycles. The molecule has 1 aliphatic heterocycles. The Hall–Kier alpha value is -2.15. The van der Waals surface area contributed by atoms with Crippen LogP contribution in [0.25, 0.3) is 0 Å². The maximum Gasteiger partial charge on any atom is 0.191 e. The van der Waals surface area contributed by atoms with Crippen molar-refractivity contribution in [3.8, 4) is 11.5 Å². The van der Waals surface area contributed by atoms with Gasteiger partial charge in [-0.15, -0.1) is 0 Å². The molecule has 0 radical (unpaired) electrons. The standard InChI is InChI=1S/C21H37N5O2/c1-8-22-20(23-15-21(2,3)25(4)5)24-16-9-10-26(14-16)17-11-18(27-6)13-19(12-17)28-7/h11-13,16H,8-10,14-15H2,1-7H3,(H2,22,23,24). The molecule has 1 atom stereocenters. The summed E-state index contributed by atoms with van der Waals surface area (Å²) in [5.41, 5.74) is 1.14. The Morgan fingerprint density at radius 2 is 1.86 bits per heavy atom. The number of anilines is 1. The van der Waals surface area contributed by atoms with E-state index in [-0.39, 0.29) is 5.54 Å². The van der Waals surface area contributed by atoms with Gasteiger partial charge in [-0.05, 0) is 41.3 Å². The summed E-state index contributed by atoms with van der Waals surface area (Å²) in [5.74, 6) is 2.51. The Kier molecular flexibility index (Phi) is 7.80. The summed E-state index contributed by atoms with van der Waals surface area (Å²) in [4.78, 5) is 9.38. The van der Waals surface area contributed by atoms with E-state index < -0.39 is 0 Å². The minimum Gasteiger partial charge on any atom is -0.497 e. The van der Waals surface area contributed by atoms with Gasteiger partial charge in [-0.25, -0.2) is 0 Å². The maximum atomic E-state index is 5.41. The average Bonchev–Trinajstić information content (AvgIpc) is 3.14. The van der Waals surface area contributed by atoms with Gasteiger partial charge in [-0.1, -0.05) is 0 Å². The lowest BCUT2D eigenvalue weighted by molar-refractivity contribution is 0.204. The van der Waals surface area contributed by atoms with E-state index in [9.17, 15) is 0 Å². The van der Waals surface area contributed by atoms with Crippen LogP contribution < -0.4 is 25.0 Å². The minimum absolute atomic E-state index is 0.0151. The van der Waals surface area contributed by atoms with Gasteiger partial charge in [0.1, 0.15) is 11.5 Å². The number of guanidine groups is 1. The second-order valence-electron chi connectivity index (χ2n) is 8.05. The molecule has 1 fully saturated rings. The van der Waals surface area contributed by atoms with E-state index >= 15 is 0 Å². The number of methoxy groups -OCH3 is 2. The molecule has 1 saturated heterocycles. The molecule has 0 saturated carbocycles. The van der Waals surface area contributed by atoms with Gasteiger partial charge in [0.15, 0.2) is 5.96 Å². The monoisotopic (exact) mass is 391 g/mol. The van der Waals surface area contributed by atoms with Crippen molar-refractivity contribution >= 4 is 11.6 Å². The summed E-state index contributed by atoms with van der Waals surface area (Å²) in [5, 5.41) is 6.98. The molecule has 1 aliphatic rings. The fourth-order valence-corrected chi connectivity index (χ4v) is 3.01. The van der Waals surface area contributed by atoms with Crippen LogP contribution in [0.4, 0.5) is 5.69 Å². The number of aliphatic imine (C=N–C) groups is 1. The molecule has 1 heterocycles. The fraction of sp³-hybridized carbons (Fsp3) is 0.667. The molecular weight excluding hydrogens is 354 g/mol. The van der Waals surface area contributed by atoms with Gasteiger partial charge in [-0.2, -0.15) is 0 Å². The summed E-state index contributed by atoms with van der Waals surface area (Å²) >= 11 is 0. The molecule has 1 unspecified atom stereocenters. The summed E-state index contributed by atoms with van der Waals surface area (Å²) in [6, 6.07) is 6.36. The van der Waals surface area contributed by atoms with Crippen LogP contribution in [0.3, 0.4) is 0 Å². The van der Waals surface area contributed by atoms with Gasteiger partial charge in [0, 0.05) is 55.1 Å². The van der Waals surface area contributed by atoms with Crippen molar-refractivity contribution in [2.24, 2.45) is 4.99 Å². The van der Waals surface area contributed by atoms with Crippen LogP contribution in [0.1, 0.15) is 27.2 Å². The van der Waals surface area contributed by atoms with Crippen molar-refractivity contribution in [3.05, 3.63) is 18.2 Å². The molecule has 0 amide bonds. The molecule has 2 rings (SSSR count). The van der Waals surface area contributed by atoms with Crippen molar-refractivity contribution in [2.75, 3.05) is 59.4 Å². The van der Waals surface area contributed by atoms with Crippen LogP contribution >= 0.6 is 0 Å². The van der Waals surface area contributed by atoms with E-state index in [0.29, 0.717) is 6.04 Å². The Balaban J connectivity index is 2.03. The van der Waals surface area contributed by atoms with Crippen molar-refractivity contribution in [2.45, 2.75) is 38.8 Å². The van der Waals surface area contributed by atoms with Crippen LogP contribution in [0.2, 0.25) is 0 Å². The number of ether oxygens (including phenoxy) is 2. The lowest BCUT2D eigenvalue weighted by Gasteiger charge is -2.31. The number of likely N-dealkylation sites (N-methyl/N-ethyl adjacent to an activating group) is 1. The van der Waals surface area contributed by atoms with Gasteiger partial charge < -0.3 is 29.9 Å². The third-order valence-corrected chi connectivity index (χ3v) is 5.41. The number of nitrogens with zero attached hydrogens (tertiary/aromatic N) is 3. The van der Waals surface area contributed by atoms with Crippen LogP contribution in [0.5, 0.6) is 11.5 Å². The van der Waals surface area contributed by atoms with Crippen LogP contribution in [0.15, 0.2) is 23.2 Å². The summed E-state index contributed by atoms with van der Waals surface area (Å²) in [6.45, 7) is 9.98. The molecule has 7 nitrogen and oxygen atoms in total. The number of nitrogens with one attached hydrogen (secondary N) is 2. The highest BCUT2D eigenvalue weighted by Crippen LogP contribution is 2.30. The van der Waals surface area contributed by atoms with Crippen molar-refractivity contribution in [3.63, 3.8) is 0 Å². The highest BCUT2D eigenvalue weighted by Gasteiger charge is 2.25. The number of hydrogen-bond acceptors (Lipinski definition) is 5. The Bertz CT molecular complexity index is 638. The first-order valence-corrected chi connectivity index (χ1v) is 9.99. The topological polar surface area (TPSA) is 61.4 Å². The molecular formula is C21H37N5O2. The maximum absolute atomic E-state index is 5.41. The highest BCUT2D eigenvalue weighted by atomic mass is 16.5. The second kappa shape index (κ2) is 9.87. The first kappa shape index (κ1) is 22.1. The molecule has 2 N–H and O–H groups in total. The Morgan fingerprint density at radius 3 is 2.39 bits per heavy atom. The Morgan fingerprint density at radius 1 is 1.21 bits per heavy atom. The predicted molar refractivity (Wildman–Crippen MR) is 117 cm³/mol. The molecule has 1 aromatic carbocycles. The molecule has 0 spiro atoms. The molecule has 158 valence electrons.